The van der Waals surface area contributed by atoms with E-state index in [-0.39, 0.29) is 29.0 Å². The average molecular weight is 432 g/mol. The van der Waals surface area contributed by atoms with Crippen LogP contribution in [-0.4, -0.2) is 27.4 Å². The maximum absolute atomic E-state index is 13.0. The van der Waals surface area contributed by atoms with Gasteiger partial charge in [0.1, 0.15) is 17.7 Å². The van der Waals surface area contributed by atoms with Crippen LogP contribution < -0.4 is 0 Å². The van der Waals surface area contributed by atoms with Crippen molar-refractivity contribution in [2.45, 2.75) is 6.61 Å². The third kappa shape index (κ3) is 3.39. The Hall–Kier alpha value is -4.73. The summed E-state index contributed by atoms with van der Waals surface area (Å²) >= 11 is 0. The van der Waals surface area contributed by atoms with E-state index in [1.165, 1.54) is 48.5 Å². The maximum Gasteiger partial charge on any atom is 0.345 e. The molecule has 0 fully saturated rings. The van der Waals surface area contributed by atoms with E-state index >= 15 is 0 Å². The number of hydrogen-bond donors (Lipinski definition) is 0. The van der Waals surface area contributed by atoms with E-state index in [0.717, 1.165) is 6.07 Å². The lowest BCUT2D eigenvalue weighted by molar-refractivity contribution is -0.385. The molecule has 32 heavy (non-hydrogen) atoms. The minimum Gasteiger partial charge on any atom is -0.457 e. The van der Waals surface area contributed by atoms with Crippen LogP contribution >= 0.6 is 0 Å². The van der Waals surface area contributed by atoms with Gasteiger partial charge in [0.05, 0.1) is 9.85 Å². The van der Waals surface area contributed by atoms with Gasteiger partial charge in [-0.2, -0.15) is 0 Å². The van der Waals surface area contributed by atoms with Crippen LogP contribution in [0.4, 0.5) is 11.4 Å². The fourth-order valence-corrected chi connectivity index (χ4v) is 3.51. The first kappa shape index (κ1) is 20.5. The second kappa shape index (κ2) is 7.84. The Bertz CT molecular complexity index is 1350. The zero-order valence-electron chi connectivity index (χ0n) is 16.1. The van der Waals surface area contributed by atoms with Gasteiger partial charge in [-0.25, -0.2) is 4.79 Å². The second-order valence-electron chi connectivity index (χ2n) is 6.85. The number of ketones is 2. The molecule has 10 heteroatoms. The van der Waals surface area contributed by atoms with Gasteiger partial charge < -0.3 is 4.74 Å². The highest BCUT2D eigenvalue weighted by atomic mass is 16.6. The first-order valence-corrected chi connectivity index (χ1v) is 9.20. The Balaban J connectivity index is 1.71. The molecule has 4 rings (SSSR count). The van der Waals surface area contributed by atoms with Crippen molar-refractivity contribution < 1.29 is 29.0 Å². The van der Waals surface area contributed by atoms with Crippen molar-refractivity contribution in [3.8, 4) is 0 Å². The minimum absolute atomic E-state index is 0.00946. The highest BCUT2D eigenvalue weighted by molar-refractivity contribution is 6.30. The Morgan fingerprint density at radius 1 is 0.812 bits per heavy atom. The predicted octanol–water partition coefficient (Wildman–Crippen LogP) is 3.64. The fourth-order valence-electron chi connectivity index (χ4n) is 3.51. The van der Waals surface area contributed by atoms with Crippen LogP contribution in [0.1, 0.15) is 47.8 Å². The van der Waals surface area contributed by atoms with Crippen LogP contribution in [0, 0.1) is 20.2 Å². The molecule has 3 aromatic carbocycles. The highest BCUT2D eigenvalue weighted by Crippen LogP contribution is 2.35. The number of nitrogens with zero attached hydrogens (tertiary/aromatic N) is 2. The number of benzene rings is 3. The third-order valence-corrected chi connectivity index (χ3v) is 4.96. The maximum atomic E-state index is 13.0. The Labute approximate surface area is 179 Å². The summed E-state index contributed by atoms with van der Waals surface area (Å²) < 4.78 is 5.10. The monoisotopic (exact) mass is 432 g/mol. The molecule has 0 heterocycles. The summed E-state index contributed by atoms with van der Waals surface area (Å²) in [4.78, 5) is 59.5. The van der Waals surface area contributed by atoms with Crippen LogP contribution in [-0.2, 0) is 11.3 Å². The summed E-state index contributed by atoms with van der Waals surface area (Å²) in [7, 11) is 0. The second-order valence-corrected chi connectivity index (χ2v) is 6.85. The summed E-state index contributed by atoms with van der Waals surface area (Å²) in [6.07, 6.45) is 0. The molecule has 0 N–H and O–H groups in total. The number of nitro groups is 2. The molecule has 0 spiro atoms. The van der Waals surface area contributed by atoms with E-state index < -0.39 is 44.2 Å². The van der Waals surface area contributed by atoms with Gasteiger partial charge in [0.25, 0.3) is 11.4 Å². The van der Waals surface area contributed by atoms with Gasteiger partial charge in [-0.3, -0.25) is 29.8 Å². The van der Waals surface area contributed by atoms with E-state index in [2.05, 4.69) is 0 Å². The normalized spacial score (nSPS) is 12.0. The van der Waals surface area contributed by atoms with Crippen molar-refractivity contribution in [2.75, 3.05) is 0 Å². The molecule has 3 aromatic rings. The van der Waals surface area contributed by atoms with Crippen LogP contribution in [0.3, 0.4) is 0 Å². The number of nitro benzene ring substituents is 2. The van der Waals surface area contributed by atoms with E-state index in [4.69, 9.17) is 4.74 Å². The van der Waals surface area contributed by atoms with Crippen molar-refractivity contribution in [2.24, 2.45) is 0 Å². The van der Waals surface area contributed by atoms with Crippen LogP contribution in [0.5, 0.6) is 0 Å². The molecule has 10 nitrogen and oxygen atoms in total. The van der Waals surface area contributed by atoms with Gasteiger partial charge in [0.2, 0.25) is 5.78 Å². The third-order valence-electron chi connectivity index (χ3n) is 4.96. The first-order chi connectivity index (χ1) is 15.3. The molecular weight excluding hydrogens is 420 g/mol. The van der Waals surface area contributed by atoms with E-state index in [9.17, 15) is 34.6 Å². The summed E-state index contributed by atoms with van der Waals surface area (Å²) in [5.41, 5.74) is -1.73. The quantitative estimate of drug-likeness (QED) is 0.264. The number of fused-ring (bicyclic) bond motifs is 2. The molecule has 0 unspecified atom stereocenters. The van der Waals surface area contributed by atoms with Crippen LogP contribution in [0.15, 0.2) is 60.7 Å². The number of hydrogen-bond acceptors (Lipinski definition) is 8. The number of non-ortho nitro benzene ring substituents is 1. The van der Waals surface area contributed by atoms with E-state index in [0.29, 0.717) is 5.56 Å². The smallest absolute Gasteiger partial charge is 0.345 e. The summed E-state index contributed by atoms with van der Waals surface area (Å²) in [6.45, 7) is -0.384. The molecule has 1 aliphatic carbocycles. The number of ether oxygens (including phenoxy) is 1. The summed E-state index contributed by atoms with van der Waals surface area (Å²) in [5, 5.41) is 22.7. The highest BCUT2D eigenvalue weighted by Gasteiger charge is 2.38. The number of rotatable bonds is 5. The lowest BCUT2D eigenvalue weighted by Crippen LogP contribution is -2.23. The van der Waals surface area contributed by atoms with Crippen LogP contribution in [0.2, 0.25) is 0 Å². The van der Waals surface area contributed by atoms with Gasteiger partial charge in [-0.05, 0) is 17.7 Å². The van der Waals surface area contributed by atoms with Crippen molar-refractivity contribution in [3.63, 3.8) is 0 Å². The molecule has 0 aromatic heterocycles. The molecule has 0 atom stereocenters. The molecule has 0 saturated heterocycles. The Morgan fingerprint density at radius 3 is 2.16 bits per heavy atom. The van der Waals surface area contributed by atoms with Gasteiger partial charge in [-0.1, -0.05) is 36.4 Å². The SMILES string of the molecule is O=C1c2ccccc2C(=O)c2c1ccc(C(=O)OCc1cccc([N+](=O)[O-])c1)c2[N+](=O)[O-]. The molecule has 0 radical (unpaired) electrons. The minimum atomic E-state index is -1.11. The molecule has 158 valence electrons. The topological polar surface area (TPSA) is 147 Å². The van der Waals surface area contributed by atoms with Crippen molar-refractivity contribution in [1.82, 2.24) is 0 Å². The predicted molar refractivity (Wildman–Crippen MR) is 109 cm³/mol. The largest absolute Gasteiger partial charge is 0.457 e. The molecule has 0 bridgehead atoms. The van der Waals surface area contributed by atoms with E-state index in [1.54, 1.807) is 6.07 Å². The number of esters is 1. The standard InChI is InChI=1S/C22H12N2O8/c25-20-14-6-1-2-7-15(14)21(26)18-16(20)8-9-17(19(18)24(30)31)22(27)32-11-12-4-3-5-13(10-12)23(28)29/h1-10H,11H2. The Morgan fingerprint density at radius 2 is 1.50 bits per heavy atom. The summed E-state index contributed by atoms with van der Waals surface area (Å²) in [5.74, 6) is -2.41. The first-order valence-electron chi connectivity index (χ1n) is 9.20. The van der Waals surface area contributed by atoms with E-state index in [1.807, 2.05) is 0 Å². The van der Waals surface area contributed by atoms with Crippen molar-refractivity contribution >= 4 is 28.9 Å². The van der Waals surface area contributed by atoms with Gasteiger partial charge in [-0.15, -0.1) is 0 Å². The lowest BCUT2D eigenvalue weighted by atomic mass is 9.82. The number of carbonyl (C=O) groups is 3. The average Bonchev–Trinajstić information content (AvgIpc) is 2.80. The molecular formula is C22H12N2O8. The molecule has 0 saturated carbocycles. The Kier molecular flexibility index (Phi) is 5.03. The molecule has 1 aliphatic rings. The van der Waals surface area contributed by atoms with Crippen molar-refractivity contribution in [1.29, 1.82) is 0 Å². The van der Waals surface area contributed by atoms with Crippen molar-refractivity contribution in [3.05, 3.63) is 114 Å². The van der Waals surface area contributed by atoms with Gasteiger partial charge in [0.15, 0.2) is 5.78 Å². The van der Waals surface area contributed by atoms with Crippen LogP contribution in [0.25, 0.3) is 0 Å². The molecule has 0 amide bonds. The molecule has 0 aliphatic heterocycles. The lowest BCUT2D eigenvalue weighted by Gasteiger charge is -2.18. The number of carbonyl (C=O) groups excluding carboxylic acids is 3. The zero-order valence-corrected chi connectivity index (χ0v) is 16.1. The van der Waals surface area contributed by atoms with Gasteiger partial charge >= 0.3 is 5.97 Å². The summed E-state index contributed by atoms with van der Waals surface area (Å²) in [6, 6.07) is 13.5. The zero-order chi connectivity index (χ0) is 23.0. The fraction of sp³-hybridized carbons (Fsp3) is 0.0455. The van der Waals surface area contributed by atoms with Gasteiger partial charge in [0, 0.05) is 28.8 Å².